The van der Waals surface area contributed by atoms with E-state index in [0.29, 0.717) is 30.4 Å². The first-order valence-electron chi connectivity index (χ1n) is 6.78. The average Bonchev–Trinajstić information content (AvgIpc) is 2.77. The van der Waals surface area contributed by atoms with Crippen LogP contribution in [0.1, 0.15) is 43.2 Å². The molecule has 4 heteroatoms. The molecule has 1 aliphatic rings. The maximum absolute atomic E-state index is 11.3. The molecule has 1 aromatic carbocycles. The van der Waals surface area contributed by atoms with Crippen molar-refractivity contribution in [2.24, 2.45) is 11.7 Å². The Kier molecular flexibility index (Phi) is 3.11. The molecule has 1 unspecified atom stereocenters. The summed E-state index contributed by atoms with van der Waals surface area (Å²) >= 11 is 0. The van der Waals surface area contributed by atoms with E-state index in [9.17, 15) is 4.79 Å². The van der Waals surface area contributed by atoms with E-state index in [-0.39, 0.29) is 6.04 Å². The summed E-state index contributed by atoms with van der Waals surface area (Å²) in [6.07, 6.45) is 3.13. The zero-order chi connectivity index (χ0) is 13.4. The number of aryl methyl sites for hydroxylation is 1. The number of nitrogens with two attached hydrogens (primary N) is 1. The SMILES string of the molecule is Cc1nc2ccc(C(N)C3CCC(=O)CC3)cc2o1. The van der Waals surface area contributed by atoms with Gasteiger partial charge in [-0.25, -0.2) is 4.98 Å². The van der Waals surface area contributed by atoms with Crippen molar-refractivity contribution in [2.75, 3.05) is 0 Å². The van der Waals surface area contributed by atoms with Gasteiger partial charge >= 0.3 is 0 Å². The number of ketones is 1. The molecule has 2 aromatic rings. The third-order valence-electron chi connectivity index (χ3n) is 4.00. The van der Waals surface area contributed by atoms with E-state index in [1.54, 1.807) is 0 Å². The second-order valence-corrected chi connectivity index (χ2v) is 5.36. The molecule has 0 spiro atoms. The van der Waals surface area contributed by atoms with Crippen LogP contribution < -0.4 is 5.73 Å². The maximum Gasteiger partial charge on any atom is 0.192 e. The largest absolute Gasteiger partial charge is 0.441 e. The monoisotopic (exact) mass is 258 g/mol. The van der Waals surface area contributed by atoms with E-state index >= 15 is 0 Å². The molecule has 4 nitrogen and oxygen atoms in total. The van der Waals surface area contributed by atoms with Crippen molar-refractivity contribution in [1.29, 1.82) is 0 Å². The van der Waals surface area contributed by atoms with Gasteiger partial charge in [0.15, 0.2) is 11.5 Å². The Bertz CT molecular complexity index is 608. The Morgan fingerprint density at radius 2 is 2.11 bits per heavy atom. The van der Waals surface area contributed by atoms with Gasteiger partial charge in [0.25, 0.3) is 0 Å². The molecule has 0 amide bonds. The van der Waals surface area contributed by atoms with Gasteiger partial charge < -0.3 is 10.2 Å². The summed E-state index contributed by atoms with van der Waals surface area (Å²) < 4.78 is 5.54. The van der Waals surface area contributed by atoms with Crippen molar-refractivity contribution < 1.29 is 9.21 Å². The predicted octanol–water partition coefficient (Wildman–Crippen LogP) is 2.90. The number of aromatic nitrogens is 1. The highest BCUT2D eigenvalue weighted by molar-refractivity contribution is 5.79. The fourth-order valence-corrected chi connectivity index (χ4v) is 2.86. The van der Waals surface area contributed by atoms with E-state index in [1.807, 2.05) is 25.1 Å². The molecule has 1 heterocycles. The number of hydrogen-bond donors (Lipinski definition) is 1. The first-order chi connectivity index (χ1) is 9.13. The van der Waals surface area contributed by atoms with E-state index in [1.165, 1.54) is 0 Å². The lowest BCUT2D eigenvalue weighted by molar-refractivity contribution is -0.121. The Hall–Kier alpha value is -1.68. The van der Waals surface area contributed by atoms with Crippen molar-refractivity contribution in [3.63, 3.8) is 0 Å². The Balaban J connectivity index is 1.84. The molecule has 0 saturated heterocycles. The molecule has 3 rings (SSSR count). The molecule has 0 aliphatic heterocycles. The summed E-state index contributed by atoms with van der Waals surface area (Å²) in [5.74, 6) is 1.42. The lowest BCUT2D eigenvalue weighted by atomic mass is 9.81. The maximum atomic E-state index is 11.3. The van der Waals surface area contributed by atoms with Crippen molar-refractivity contribution in [1.82, 2.24) is 4.98 Å². The van der Waals surface area contributed by atoms with Crippen LogP contribution in [0.2, 0.25) is 0 Å². The molecule has 2 N–H and O–H groups in total. The summed E-state index contributed by atoms with van der Waals surface area (Å²) in [4.78, 5) is 15.6. The van der Waals surface area contributed by atoms with Crippen LogP contribution in [0.3, 0.4) is 0 Å². The van der Waals surface area contributed by atoms with Crippen LogP contribution in [-0.2, 0) is 4.79 Å². The van der Waals surface area contributed by atoms with Gasteiger partial charge in [-0.2, -0.15) is 0 Å². The van der Waals surface area contributed by atoms with E-state index in [0.717, 1.165) is 29.5 Å². The third kappa shape index (κ3) is 2.40. The molecule has 1 atom stereocenters. The van der Waals surface area contributed by atoms with Crippen LogP contribution in [0.15, 0.2) is 22.6 Å². The van der Waals surface area contributed by atoms with Gasteiger partial charge in [0.1, 0.15) is 11.3 Å². The van der Waals surface area contributed by atoms with Crippen LogP contribution in [-0.4, -0.2) is 10.8 Å². The predicted molar refractivity (Wildman–Crippen MR) is 72.6 cm³/mol. The highest BCUT2D eigenvalue weighted by Gasteiger charge is 2.25. The minimum atomic E-state index is -0.0251. The zero-order valence-electron chi connectivity index (χ0n) is 11.1. The molecule has 1 fully saturated rings. The number of benzene rings is 1. The normalized spacial score (nSPS) is 18.9. The highest BCUT2D eigenvalue weighted by atomic mass is 16.3. The number of nitrogens with zero attached hydrogens (tertiary/aromatic N) is 1. The summed E-state index contributed by atoms with van der Waals surface area (Å²) in [5, 5.41) is 0. The van der Waals surface area contributed by atoms with Crippen LogP contribution in [0.4, 0.5) is 0 Å². The Morgan fingerprint density at radius 3 is 2.84 bits per heavy atom. The van der Waals surface area contributed by atoms with E-state index in [2.05, 4.69) is 4.98 Å². The summed E-state index contributed by atoms with van der Waals surface area (Å²) in [5.41, 5.74) is 9.07. The molecular weight excluding hydrogens is 240 g/mol. The molecular formula is C15H18N2O2. The quantitative estimate of drug-likeness (QED) is 0.899. The molecule has 1 aromatic heterocycles. The lowest BCUT2D eigenvalue weighted by Crippen LogP contribution is -2.26. The molecule has 1 aliphatic carbocycles. The topological polar surface area (TPSA) is 69.1 Å². The molecule has 0 bridgehead atoms. The number of oxazole rings is 1. The minimum absolute atomic E-state index is 0.0251. The van der Waals surface area contributed by atoms with Gasteiger partial charge in [0, 0.05) is 25.8 Å². The van der Waals surface area contributed by atoms with Crippen LogP contribution in [0.25, 0.3) is 11.1 Å². The van der Waals surface area contributed by atoms with E-state index < -0.39 is 0 Å². The van der Waals surface area contributed by atoms with Gasteiger partial charge in [-0.1, -0.05) is 6.07 Å². The smallest absolute Gasteiger partial charge is 0.192 e. The standard InChI is InChI=1S/C15H18N2O2/c1-9-17-13-7-4-11(8-14(13)19-9)15(16)10-2-5-12(18)6-3-10/h4,7-8,10,15H,2-3,5-6,16H2,1H3. The first-order valence-corrected chi connectivity index (χ1v) is 6.78. The highest BCUT2D eigenvalue weighted by Crippen LogP contribution is 2.32. The number of fused-ring (bicyclic) bond motifs is 1. The summed E-state index contributed by atoms with van der Waals surface area (Å²) in [6.45, 7) is 1.84. The average molecular weight is 258 g/mol. The molecule has 1 saturated carbocycles. The van der Waals surface area contributed by atoms with Crippen LogP contribution in [0.5, 0.6) is 0 Å². The fraction of sp³-hybridized carbons (Fsp3) is 0.467. The Labute approximate surface area is 112 Å². The van der Waals surface area contributed by atoms with Crippen molar-refractivity contribution in [2.45, 2.75) is 38.6 Å². The lowest BCUT2D eigenvalue weighted by Gasteiger charge is -2.27. The number of hydrogen-bond acceptors (Lipinski definition) is 4. The fourth-order valence-electron chi connectivity index (χ4n) is 2.86. The van der Waals surface area contributed by atoms with Gasteiger partial charge in [-0.15, -0.1) is 0 Å². The summed E-state index contributed by atoms with van der Waals surface area (Å²) in [7, 11) is 0. The van der Waals surface area contributed by atoms with Crippen LogP contribution >= 0.6 is 0 Å². The second-order valence-electron chi connectivity index (χ2n) is 5.36. The zero-order valence-corrected chi connectivity index (χ0v) is 11.1. The van der Waals surface area contributed by atoms with Gasteiger partial charge in [-0.05, 0) is 36.5 Å². The Morgan fingerprint density at radius 1 is 1.37 bits per heavy atom. The minimum Gasteiger partial charge on any atom is -0.441 e. The molecule has 19 heavy (non-hydrogen) atoms. The third-order valence-corrected chi connectivity index (χ3v) is 4.00. The first kappa shape index (κ1) is 12.4. The number of carbonyl (C=O) groups is 1. The number of Topliss-reactive ketones (excluding diaryl/α,β-unsaturated/α-hetero) is 1. The van der Waals surface area contributed by atoms with Gasteiger partial charge in [0.2, 0.25) is 0 Å². The van der Waals surface area contributed by atoms with Gasteiger partial charge in [0.05, 0.1) is 0 Å². The molecule has 100 valence electrons. The van der Waals surface area contributed by atoms with E-state index in [4.69, 9.17) is 10.2 Å². The van der Waals surface area contributed by atoms with Crippen molar-refractivity contribution >= 4 is 16.9 Å². The van der Waals surface area contributed by atoms with Crippen molar-refractivity contribution in [3.8, 4) is 0 Å². The van der Waals surface area contributed by atoms with Gasteiger partial charge in [-0.3, -0.25) is 4.79 Å². The molecule has 0 radical (unpaired) electrons. The van der Waals surface area contributed by atoms with Crippen molar-refractivity contribution in [3.05, 3.63) is 29.7 Å². The van der Waals surface area contributed by atoms with Crippen LogP contribution in [0, 0.1) is 12.8 Å². The number of carbonyl (C=O) groups excluding carboxylic acids is 1. The summed E-state index contributed by atoms with van der Waals surface area (Å²) in [6, 6.07) is 5.93. The number of rotatable bonds is 2. The second kappa shape index (κ2) is 4.78.